The highest BCUT2D eigenvalue weighted by molar-refractivity contribution is 5.66. The number of hydrogen-bond acceptors (Lipinski definition) is 7. The maximum Gasteiger partial charge on any atom is 0.303 e. The van der Waals surface area contributed by atoms with E-state index in [1.807, 2.05) is 14.1 Å². The van der Waals surface area contributed by atoms with Crippen molar-refractivity contribution in [1.29, 1.82) is 0 Å². The summed E-state index contributed by atoms with van der Waals surface area (Å²) in [7, 11) is 8.24. The molecule has 0 unspecified atom stereocenters. The minimum absolute atomic E-state index is 0.230. The highest BCUT2D eigenvalue weighted by Crippen LogP contribution is 2.01. The predicted molar refractivity (Wildman–Crippen MR) is 137 cm³/mol. The number of rotatable bonds is 19. The van der Waals surface area contributed by atoms with E-state index in [-0.39, 0.29) is 13.2 Å². The van der Waals surface area contributed by atoms with E-state index in [2.05, 4.69) is 48.0 Å². The number of nitrogens with zero attached hydrogens (tertiary/aromatic N) is 3. The molecule has 0 aromatic carbocycles. The van der Waals surface area contributed by atoms with Crippen LogP contribution in [0.15, 0.2) is 0 Å². The van der Waals surface area contributed by atoms with E-state index in [0.29, 0.717) is 13.0 Å². The SMILES string of the molecule is CCCCCC(=O)O.CCCCCCN(CCO)CCN(C)C.CN(C)CCNCCO. The number of hydrogen-bond donors (Lipinski definition) is 4. The van der Waals surface area contributed by atoms with Crippen LogP contribution in [0.1, 0.15) is 65.2 Å². The van der Waals surface area contributed by atoms with Crippen LogP contribution in [0.3, 0.4) is 0 Å². The summed E-state index contributed by atoms with van der Waals surface area (Å²) in [6.07, 6.45) is 8.49. The van der Waals surface area contributed by atoms with Crippen LogP contribution in [-0.2, 0) is 4.79 Å². The molecule has 0 atom stereocenters. The Morgan fingerprint density at radius 3 is 1.75 bits per heavy atom. The van der Waals surface area contributed by atoms with Crippen LogP contribution in [0.4, 0.5) is 0 Å². The molecule has 0 spiro atoms. The number of nitrogens with one attached hydrogen (secondary N) is 1. The Morgan fingerprint density at radius 1 is 0.688 bits per heavy atom. The Bertz CT molecular complexity index is 359. The molecule has 196 valence electrons. The van der Waals surface area contributed by atoms with E-state index < -0.39 is 5.97 Å². The first-order chi connectivity index (χ1) is 15.2. The van der Waals surface area contributed by atoms with Gasteiger partial charge in [0, 0.05) is 45.7 Å². The average Bonchev–Trinajstić information content (AvgIpc) is 2.73. The zero-order valence-electron chi connectivity index (χ0n) is 22.1. The molecule has 0 heterocycles. The fourth-order valence-corrected chi connectivity index (χ4v) is 2.61. The fourth-order valence-electron chi connectivity index (χ4n) is 2.61. The van der Waals surface area contributed by atoms with Gasteiger partial charge in [-0.1, -0.05) is 46.0 Å². The number of aliphatic hydroxyl groups is 2. The number of carboxylic acid groups (broad SMARTS) is 1. The van der Waals surface area contributed by atoms with Crippen LogP contribution in [0.25, 0.3) is 0 Å². The van der Waals surface area contributed by atoms with Crippen molar-refractivity contribution < 1.29 is 20.1 Å². The molecule has 0 aliphatic rings. The first-order valence-electron chi connectivity index (χ1n) is 12.4. The molecule has 0 aromatic heterocycles. The van der Waals surface area contributed by atoms with Crippen LogP contribution < -0.4 is 5.32 Å². The molecule has 8 nitrogen and oxygen atoms in total. The van der Waals surface area contributed by atoms with Crippen LogP contribution in [0.5, 0.6) is 0 Å². The van der Waals surface area contributed by atoms with Gasteiger partial charge >= 0.3 is 5.97 Å². The van der Waals surface area contributed by atoms with Crippen LogP contribution in [0, 0.1) is 0 Å². The van der Waals surface area contributed by atoms with Crippen molar-refractivity contribution in [3.8, 4) is 0 Å². The summed E-state index contributed by atoms with van der Waals surface area (Å²) in [6.45, 7) is 11.6. The van der Waals surface area contributed by atoms with E-state index in [0.717, 1.165) is 58.5 Å². The van der Waals surface area contributed by atoms with Gasteiger partial charge in [0.15, 0.2) is 0 Å². The topological polar surface area (TPSA) is 99.5 Å². The largest absolute Gasteiger partial charge is 0.481 e. The van der Waals surface area contributed by atoms with Crippen molar-refractivity contribution in [1.82, 2.24) is 20.0 Å². The second kappa shape index (κ2) is 30.2. The standard InChI is InChI=1S/C12H28N2O.C6H16N2O.C6H12O2/c1-4-5-6-7-8-14(11-12-15)10-9-13(2)3;1-8(2)5-3-7-4-6-9;1-2-3-4-5-6(7)8/h15H,4-12H2,1-3H3;7,9H,3-6H2,1-2H3;2-5H2,1H3,(H,7,8). The van der Waals surface area contributed by atoms with E-state index in [1.54, 1.807) is 0 Å². The highest BCUT2D eigenvalue weighted by atomic mass is 16.4. The average molecular weight is 465 g/mol. The molecule has 0 saturated heterocycles. The molecule has 0 rings (SSSR count). The monoisotopic (exact) mass is 464 g/mol. The van der Waals surface area contributed by atoms with E-state index in [4.69, 9.17) is 15.3 Å². The van der Waals surface area contributed by atoms with Gasteiger partial charge in [-0.25, -0.2) is 0 Å². The van der Waals surface area contributed by atoms with Crippen LogP contribution >= 0.6 is 0 Å². The van der Waals surface area contributed by atoms with Crippen molar-refractivity contribution in [3.63, 3.8) is 0 Å². The first kappa shape index (κ1) is 35.8. The molecule has 8 heteroatoms. The van der Waals surface area contributed by atoms with Crippen LogP contribution in [-0.4, -0.2) is 123 Å². The second-order valence-corrected chi connectivity index (χ2v) is 8.56. The fraction of sp³-hybridized carbons (Fsp3) is 0.958. The van der Waals surface area contributed by atoms with Gasteiger partial charge < -0.3 is 30.4 Å². The molecule has 4 N–H and O–H groups in total. The Labute approximate surface area is 199 Å². The smallest absolute Gasteiger partial charge is 0.303 e. The zero-order valence-corrected chi connectivity index (χ0v) is 22.1. The number of unbranched alkanes of at least 4 members (excludes halogenated alkanes) is 5. The first-order valence-corrected chi connectivity index (χ1v) is 12.4. The third kappa shape index (κ3) is 39.7. The molecule has 0 saturated carbocycles. The third-order valence-corrected chi connectivity index (χ3v) is 4.63. The summed E-state index contributed by atoms with van der Waals surface area (Å²) in [5.74, 6) is -0.682. The van der Waals surface area contributed by atoms with Crippen molar-refractivity contribution in [2.45, 2.75) is 65.2 Å². The zero-order chi connectivity index (χ0) is 25.0. The molecule has 32 heavy (non-hydrogen) atoms. The van der Waals surface area contributed by atoms with Gasteiger partial charge in [0.05, 0.1) is 13.2 Å². The molecule has 0 aliphatic carbocycles. The molecule has 0 aliphatic heterocycles. The third-order valence-electron chi connectivity index (χ3n) is 4.63. The van der Waals surface area contributed by atoms with Gasteiger partial charge in [-0.15, -0.1) is 0 Å². The second-order valence-electron chi connectivity index (χ2n) is 8.56. The summed E-state index contributed by atoms with van der Waals surface area (Å²) in [6, 6.07) is 0. The van der Waals surface area contributed by atoms with Gasteiger partial charge in [0.25, 0.3) is 0 Å². The van der Waals surface area contributed by atoms with E-state index in [9.17, 15) is 4.79 Å². The number of carboxylic acids is 1. The Morgan fingerprint density at radius 2 is 1.28 bits per heavy atom. The lowest BCUT2D eigenvalue weighted by Crippen LogP contribution is -2.34. The van der Waals surface area contributed by atoms with Gasteiger partial charge in [-0.3, -0.25) is 9.69 Å². The highest BCUT2D eigenvalue weighted by Gasteiger charge is 2.04. The summed E-state index contributed by atoms with van der Waals surface area (Å²) < 4.78 is 0. The van der Waals surface area contributed by atoms with Crippen molar-refractivity contribution in [2.24, 2.45) is 0 Å². The molecule has 0 fully saturated rings. The maximum atomic E-state index is 9.87. The summed E-state index contributed by atoms with van der Waals surface area (Å²) in [4.78, 5) is 16.5. The van der Waals surface area contributed by atoms with Gasteiger partial charge in [-0.05, 0) is 47.6 Å². The van der Waals surface area contributed by atoms with Gasteiger partial charge in [0.1, 0.15) is 0 Å². The lowest BCUT2D eigenvalue weighted by atomic mass is 10.2. The molecular weight excluding hydrogens is 408 g/mol. The van der Waals surface area contributed by atoms with Crippen LogP contribution in [0.2, 0.25) is 0 Å². The molecular formula is C24H56N4O4. The van der Waals surface area contributed by atoms with E-state index >= 15 is 0 Å². The van der Waals surface area contributed by atoms with Crippen molar-refractivity contribution >= 4 is 5.97 Å². The molecule has 0 amide bonds. The molecule has 0 bridgehead atoms. The van der Waals surface area contributed by atoms with Crippen molar-refractivity contribution in [2.75, 3.05) is 87.2 Å². The number of carbonyl (C=O) groups is 1. The Hall–Kier alpha value is -0.770. The maximum absolute atomic E-state index is 9.87. The predicted octanol–water partition coefficient (Wildman–Crippen LogP) is 2.20. The number of likely N-dealkylation sites (N-methyl/N-ethyl adjacent to an activating group) is 2. The quantitative estimate of drug-likeness (QED) is 0.216. The number of aliphatic carboxylic acids is 1. The van der Waals surface area contributed by atoms with E-state index in [1.165, 1.54) is 25.7 Å². The van der Waals surface area contributed by atoms with Gasteiger partial charge in [0.2, 0.25) is 0 Å². The Kier molecular flexibility index (Phi) is 33.8. The number of aliphatic hydroxyl groups excluding tert-OH is 2. The summed E-state index contributed by atoms with van der Waals surface area (Å²) in [5, 5.41) is 28.5. The molecule has 0 aromatic rings. The summed E-state index contributed by atoms with van der Waals surface area (Å²) in [5.41, 5.74) is 0. The van der Waals surface area contributed by atoms with Crippen molar-refractivity contribution in [3.05, 3.63) is 0 Å². The lowest BCUT2D eigenvalue weighted by molar-refractivity contribution is -0.137. The minimum atomic E-state index is -0.682. The van der Waals surface area contributed by atoms with Gasteiger partial charge in [-0.2, -0.15) is 0 Å². The minimum Gasteiger partial charge on any atom is -0.481 e. The lowest BCUT2D eigenvalue weighted by Gasteiger charge is -2.23. The molecule has 0 radical (unpaired) electrons. The Balaban J connectivity index is -0.000000424. The summed E-state index contributed by atoms with van der Waals surface area (Å²) >= 11 is 0. The normalized spacial score (nSPS) is 10.7.